The van der Waals surface area contributed by atoms with Crippen LogP contribution < -0.4 is 35.3 Å². The van der Waals surface area contributed by atoms with Crippen molar-refractivity contribution in [2.75, 3.05) is 0 Å². The second kappa shape index (κ2) is 10.3. The summed E-state index contributed by atoms with van der Waals surface area (Å²) < 4.78 is 0. The molecule has 0 aromatic heterocycles. The first-order valence-corrected chi connectivity index (χ1v) is 9.93. The molecule has 2 aliphatic rings. The number of benzene rings is 3. The zero-order valence-corrected chi connectivity index (χ0v) is 21.8. The fourth-order valence-electron chi connectivity index (χ4n) is 4.53. The first-order valence-electron chi connectivity index (χ1n) is 9.93. The predicted octanol–water partition coefficient (Wildman–Crippen LogP) is -0.684. The number of halogens is 2. The molecule has 0 saturated carbocycles. The van der Waals surface area contributed by atoms with Gasteiger partial charge in [-0.3, -0.25) is 0 Å². The average Bonchev–Trinajstić information content (AvgIpc) is 3.28. The zero-order chi connectivity index (χ0) is 19.3. The van der Waals surface area contributed by atoms with Crippen molar-refractivity contribution in [2.24, 2.45) is 0 Å². The van der Waals surface area contributed by atoms with Crippen molar-refractivity contribution in [3.63, 3.8) is 0 Å². The smallest absolute Gasteiger partial charge is 1.00 e. The van der Waals surface area contributed by atoms with Gasteiger partial charge in [-0.15, -0.1) is 33.4 Å². The van der Waals surface area contributed by atoms with Crippen LogP contribution in [0.3, 0.4) is 0 Å². The summed E-state index contributed by atoms with van der Waals surface area (Å²) in [5, 5.41) is 5.12. The first kappa shape index (κ1) is 25.6. The molecular formula is C28H23Cl2Zr. The van der Waals surface area contributed by atoms with Gasteiger partial charge in [-0.2, -0.15) is 0 Å². The van der Waals surface area contributed by atoms with Crippen molar-refractivity contribution in [3.8, 4) is 0 Å². The summed E-state index contributed by atoms with van der Waals surface area (Å²) in [5.41, 5.74) is 7.99. The molecule has 3 aromatic carbocycles. The quantitative estimate of drug-likeness (QED) is 0.307. The Bertz CT molecular complexity index is 1380. The molecule has 0 heterocycles. The van der Waals surface area contributed by atoms with Gasteiger partial charge < -0.3 is 24.8 Å². The standard InChI is InChI=1S/C28H23.2ClH.Zr/c1-18(2)22-13-14-24-23-12-8-7-11-21(23)17-27(24)28(22)26-16-19(3)15-25(26)20-9-5-4-6-10-20;;;/h4-16,25H,1-3H3;2*1H;/q-1;;;+3/p-2. The fourth-order valence-corrected chi connectivity index (χ4v) is 4.53. The second-order valence-electron chi connectivity index (χ2n) is 7.98. The Morgan fingerprint density at radius 1 is 0.806 bits per heavy atom. The molecule has 0 aliphatic heterocycles. The van der Waals surface area contributed by atoms with Crippen molar-refractivity contribution in [2.45, 2.75) is 26.7 Å². The van der Waals surface area contributed by atoms with Gasteiger partial charge in [0.25, 0.3) is 0 Å². The molecule has 3 heteroatoms. The minimum Gasteiger partial charge on any atom is -1.00 e. The zero-order valence-electron chi connectivity index (χ0n) is 17.8. The average molecular weight is 522 g/mol. The van der Waals surface area contributed by atoms with E-state index in [9.17, 15) is 0 Å². The summed E-state index contributed by atoms with van der Waals surface area (Å²) in [7, 11) is 0. The molecule has 1 unspecified atom stereocenters. The Morgan fingerprint density at radius 2 is 1.48 bits per heavy atom. The van der Waals surface area contributed by atoms with Gasteiger partial charge in [0.05, 0.1) is 0 Å². The number of fused-ring (bicyclic) bond motifs is 2. The molecule has 0 fully saturated rings. The summed E-state index contributed by atoms with van der Waals surface area (Å²) in [6, 6.07) is 24.0. The Balaban J connectivity index is 0.00000114. The van der Waals surface area contributed by atoms with Gasteiger partial charge in [-0.05, 0) is 26.3 Å². The maximum Gasteiger partial charge on any atom is 3.00 e. The van der Waals surface area contributed by atoms with Crippen molar-refractivity contribution >= 4 is 17.2 Å². The molecule has 0 spiro atoms. The van der Waals surface area contributed by atoms with E-state index in [0.29, 0.717) is 0 Å². The molecule has 31 heavy (non-hydrogen) atoms. The summed E-state index contributed by atoms with van der Waals surface area (Å²) in [6.45, 7) is 6.62. The molecular weight excluding hydrogens is 498 g/mol. The second-order valence-corrected chi connectivity index (χ2v) is 7.98. The molecule has 3 aromatic rings. The molecule has 1 radical (unpaired) electrons. The third kappa shape index (κ3) is 4.47. The van der Waals surface area contributed by atoms with Crippen LogP contribution in [-0.4, -0.2) is 0 Å². The van der Waals surface area contributed by atoms with E-state index in [-0.39, 0.29) is 56.9 Å². The molecule has 153 valence electrons. The van der Waals surface area contributed by atoms with E-state index in [0.717, 1.165) is 0 Å². The molecule has 0 saturated heterocycles. The minimum absolute atomic E-state index is 0. The van der Waals surface area contributed by atoms with Gasteiger partial charge >= 0.3 is 26.2 Å². The van der Waals surface area contributed by atoms with Crippen LogP contribution in [0.4, 0.5) is 0 Å². The van der Waals surface area contributed by atoms with Crippen LogP contribution in [0.2, 0.25) is 0 Å². The summed E-state index contributed by atoms with van der Waals surface area (Å²) >= 11 is 0. The SMILES string of the molecule is CC1=CC(c2ccccc2)C(c2c3c(ccc2=C(C)C)=c2ccccc2=[C-]3)=C1.[Cl-].[Cl-].[Zr+3]. The maximum absolute atomic E-state index is 3.73. The van der Waals surface area contributed by atoms with E-state index in [1.807, 2.05) is 0 Å². The largest absolute Gasteiger partial charge is 3.00 e. The van der Waals surface area contributed by atoms with Crippen molar-refractivity contribution < 1.29 is 51.0 Å². The maximum atomic E-state index is 3.73. The molecule has 5 rings (SSSR count). The Hall–Kier alpha value is -1.66. The van der Waals surface area contributed by atoms with E-state index in [2.05, 4.69) is 106 Å². The van der Waals surface area contributed by atoms with E-state index in [4.69, 9.17) is 0 Å². The van der Waals surface area contributed by atoms with Crippen LogP contribution in [-0.2, 0) is 26.2 Å². The van der Waals surface area contributed by atoms with Gasteiger partial charge in [0.2, 0.25) is 0 Å². The monoisotopic (exact) mass is 519 g/mol. The van der Waals surface area contributed by atoms with Crippen LogP contribution in [0.15, 0.2) is 84.5 Å². The first-order chi connectivity index (χ1) is 13.6. The van der Waals surface area contributed by atoms with E-state index in [1.54, 1.807) is 0 Å². The van der Waals surface area contributed by atoms with Crippen molar-refractivity contribution in [1.82, 2.24) is 0 Å². The van der Waals surface area contributed by atoms with E-state index < -0.39 is 0 Å². The van der Waals surface area contributed by atoms with Gasteiger partial charge in [0.1, 0.15) is 0 Å². The Morgan fingerprint density at radius 3 is 2.19 bits per heavy atom. The fraction of sp³-hybridized carbons (Fsp3) is 0.143. The van der Waals surface area contributed by atoms with Crippen LogP contribution in [0.1, 0.15) is 43.4 Å². The predicted molar refractivity (Wildman–Crippen MR) is 118 cm³/mol. The summed E-state index contributed by atoms with van der Waals surface area (Å²) in [5.74, 6) is 0.288. The molecule has 0 bridgehead atoms. The van der Waals surface area contributed by atoms with Crippen LogP contribution in [0, 0.1) is 10.4 Å². The van der Waals surface area contributed by atoms with Crippen LogP contribution in [0.25, 0.3) is 17.2 Å². The van der Waals surface area contributed by atoms with Gasteiger partial charge in [-0.1, -0.05) is 100 Å². The normalized spacial score (nSPS) is 15.1. The van der Waals surface area contributed by atoms with Crippen LogP contribution in [0.5, 0.6) is 0 Å². The Kier molecular flexibility index (Phi) is 8.51. The molecule has 0 N–H and O–H groups in total. The third-order valence-corrected chi connectivity index (χ3v) is 5.82. The van der Waals surface area contributed by atoms with E-state index in [1.165, 1.54) is 54.3 Å². The van der Waals surface area contributed by atoms with Gasteiger partial charge in [0.15, 0.2) is 0 Å². The molecule has 0 amide bonds. The number of rotatable bonds is 2. The molecule has 2 aliphatic carbocycles. The minimum atomic E-state index is 0. The van der Waals surface area contributed by atoms with E-state index >= 15 is 0 Å². The topological polar surface area (TPSA) is 0 Å². The van der Waals surface area contributed by atoms with Crippen LogP contribution >= 0.6 is 0 Å². The van der Waals surface area contributed by atoms with Gasteiger partial charge in [0, 0.05) is 5.92 Å². The number of hydrogen-bond acceptors (Lipinski definition) is 0. The van der Waals surface area contributed by atoms with Gasteiger partial charge in [-0.25, -0.2) is 0 Å². The number of hydrogen-bond donors (Lipinski definition) is 0. The Labute approximate surface area is 215 Å². The molecule has 0 nitrogen and oxygen atoms in total. The molecule has 1 atom stereocenters. The van der Waals surface area contributed by atoms with Crippen molar-refractivity contribution in [1.29, 1.82) is 0 Å². The third-order valence-electron chi connectivity index (χ3n) is 5.82. The van der Waals surface area contributed by atoms with Crippen molar-refractivity contribution in [3.05, 3.63) is 122 Å². The number of allylic oxidation sites excluding steroid dienone is 4. The summed E-state index contributed by atoms with van der Waals surface area (Å²) in [6.07, 6.45) is 8.48. The summed E-state index contributed by atoms with van der Waals surface area (Å²) in [4.78, 5) is 0.